The molecule has 2 N–H and O–H groups in total. The minimum Gasteiger partial charge on any atom is -0.370 e. The molecule has 0 aliphatic rings. The predicted octanol–water partition coefficient (Wildman–Crippen LogP) is 4.33. The summed E-state index contributed by atoms with van der Waals surface area (Å²) in [6.07, 6.45) is -3.12. The molecule has 3 aromatic rings. The number of carbonyl (C=O) groups is 1. The van der Waals surface area contributed by atoms with Crippen molar-refractivity contribution in [2.75, 3.05) is 18.4 Å². The van der Waals surface area contributed by atoms with Gasteiger partial charge in [-0.25, -0.2) is 9.37 Å². The third-order valence-corrected chi connectivity index (χ3v) is 4.18. The number of hydrogen-bond acceptors (Lipinski definition) is 4. The Morgan fingerprint density at radius 2 is 1.90 bits per heavy atom. The van der Waals surface area contributed by atoms with Crippen LogP contribution < -0.4 is 10.6 Å². The van der Waals surface area contributed by atoms with Gasteiger partial charge in [0.25, 0.3) is 5.91 Å². The Balaban J connectivity index is 1.52. The largest absolute Gasteiger partial charge is 0.417 e. The number of pyridine rings is 2. The van der Waals surface area contributed by atoms with E-state index in [9.17, 15) is 22.4 Å². The average Bonchev–Trinajstić information content (AvgIpc) is 2.66. The molecule has 5 nitrogen and oxygen atoms in total. The highest BCUT2D eigenvalue weighted by Crippen LogP contribution is 2.28. The number of carbonyl (C=O) groups excluding carboxylic acids is 1. The highest BCUT2D eigenvalue weighted by atomic mass is 19.4. The number of aromatic nitrogens is 2. The number of hydrogen-bond donors (Lipinski definition) is 2. The third-order valence-electron chi connectivity index (χ3n) is 4.18. The lowest BCUT2D eigenvalue weighted by atomic mass is 10.1. The van der Waals surface area contributed by atoms with Gasteiger partial charge in [0.1, 0.15) is 11.6 Å². The summed E-state index contributed by atoms with van der Waals surface area (Å²) in [4.78, 5) is 20.4. The highest BCUT2D eigenvalue weighted by Gasteiger charge is 2.30. The monoisotopic (exact) mass is 406 g/mol. The van der Waals surface area contributed by atoms with Gasteiger partial charge in [0, 0.05) is 36.4 Å². The maximum absolute atomic E-state index is 13.4. The number of anilines is 1. The molecule has 0 atom stereocenters. The minimum atomic E-state index is -4.42. The van der Waals surface area contributed by atoms with E-state index in [4.69, 9.17) is 0 Å². The van der Waals surface area contributed by atoms with Crippen LogP contribution in [0.25, 0.3) is 10.9 Å². The zero-order valence-corrected chi connectivity index (χ0v) is 15.5. The number of nitrogens with one attached hydrogen (secondary N) is 2. The van der Waals surface area contributed by atoms with Crippen LogP contribution in [-0.4, -0.2) is 29.0 Å². The van der Waals surface area contributed by atoms with Gasteiger partial charge < -0.3 is 10.6 Å². The fraction of sp³-hybridized carbons (Fsp3) is 0.250. The molecule has 0 spiro atoms. The van der Waals surface area contributed by atoms with Crippen molar-refractivity contribution >= 4 is 22.6 Å². The van der Waals surface area contributed by atoms with Crippen LogP contribution in [0.3, 0.4) is 0 Å². The van der Waals surface area contributed by atoms with Crippen LogP contribution in [0.2, 0.25) is 0 Å². The van der Waals surface area contributed by atoms with Gasteiger partial charge in [-0.1, -0.05) is 0 Å². The summed E-state index contributed by atoms with van der Waals surface area (Å²) in [5.41, 5.74) is 0.605. The van der Waals surface area contributed by atoms with E-state index < -0.39 is 17.6 Å². The second kappa shape index (κ2) is 8.42. The van der Waals surface area contributed by atoms with Crippen LogP contribution in [0.1, 0.15) is 28.0 Å². The molecule has 0 aliphatic carbocycles. The Hall–Kier alpha value is -3.23. The van der Waals surface area contributed by atoms with Crippen LogP contribution in [0.4, 0.5) is 23.4 Å². The molecule has 2 heterocycles. The number of nitrogens with zero attached hydrogens (tertiary/aromatic N) is 2. The summed E-state index contributed by atoms with van der Waals surface area (Å²) >= 11 is 0. The van der Waals surface area contributed by atoms with Crippen molar-refractivity contribution < 1.29 is 22.4 Å². The van der Waals surface area contributed by atoms with Crippen molar-refractivity contribution in [2.45, 2.75) is 19.5 Å². The molecule has 3 rings (SSSR count). The summed E-state index contributed by atoms with van der Waals surface area (Å²) in [6, 6.07) is 7.92. The smallest absolute Gasteiger partial charge is 0.370 e. The van der Waals surface area contributed by atoms with Crippen LogP contribution in [0, 0.1) is 12.7 Å². The predicted molar refractivity (Wildman–Crippen MR) is 101 cm³/mol. The summed E-state index contributed by atoms with van der Waals surface area (Å²) in [7, 11) is 0. The number of fused-ring (bicyclic) bond motifs is 1. The first-order valence-electron chi connectivity index (χ1n) is 8.86. The van der Waals surface area contributed by atoms with Crippen LogP contribution in [0.5, 0.6) is 0 Å². The number of halogens is 4. The zero-order chi connectivity index (χ0) is 21.0. The molecular formula is C20H18F4N4O. The Bertz CT molecular complexity index is 1010. The first kappa shape index (κ1) is 20.5. The van der Waals surface area contributed by atoms with E-state index in [0.717, 1.165) is 12.3 Å². The molecule has 0 saturated heterocycles. The molecule has 9 heteroatoms. The quantitative estimate of drug-likeness (QED) is 0.472. The molecule has 0 aliphatic heterocycles. The van der Waals surface area contributed by atoms with E-state index in [1.807, 2.05) is 0 Å². The van der Waals surface area contributed by atoms with Gasteiger partial charge in [-0.3, -0.25) is 9.78 Å². The second-order valence-electron chi connectivity index (χ2n) is 6.44. The van der Waals surface area contributed by atoms with E-state index in [0.29, 0.717) is 47.5 Å². The Kier molecular flexibility index (Phi) is 5.95. The topological polar surface area (TPSA) is 66.9 Å². The summed E-state index contributed by atoms with van der Waals surface area (Å²) in [5, 5.41) is 6.24. The number of amides is 1. The van der Waals surface area contributed by atoms with Gasteiger partial charge in [0.05, 0.1) is 16.6 Å². The van der Waals surface area contributed by atoms with Gasteiger partial charge in [0.15, 0.2) is 0 Å². The van der Waals surface area contributed by atoms with E-state index in [1.165, 1.54) is 24.3 Å². The first-order chi connectivity index (χ1) is 13.7. The Morgan fingerprint density at radius 1 is 1.10 bits per heavy atom. The van der Waals surface area contributed by atoms with Gasteiger partial charge in [-0.15, -0.1) is 0 Å². The van der Waals surface area contributed by atoms with E-state index in [-0.39, 0.29) is 5.91 Å². The fourth-order valence-corrected chi connectivity index (χ4v) is 2.79. The SMILES string of the molecule is Cc1cc(C(=O)NCCCNc2ccc(C(F)(F)F)cn2)c2ccc(F)cc2n1. The fourth-order valence-electron chi connectivity index (χ4n) is 2.79. The molecule has 1 aromatic carbocycles. The van der Waals surface area contributed by atoms with Crippen molar-refractivity contribution in [1.29, 1.82) is 0 Å². The van der Waals surface area contributed by atoms with Gasteiger partial charge in [-0.05, 0) is 43.7 Å². The normalized spacial score (nSPS) is 11.5. The zero-order valence-electron chi connectivity index (χ0n) is 15.5. The third kappa shape index (κ3) is 5.18. The summed E-state index contributed by atoms with van der Waals surface area (Å²) in [6.45, 7) is 2.48. The Labute approximate surface area is 164 Å². The molecule has 0 radical (unpaired) electrons. The molecule has 0 bridgehead atoms. The lowest BCUT2D eigenvalue weighted by molar-refractivity contribution is -0.137. The Morgan fingerprint density at radius 3 is 2.59 bits per heavy atom. The number of benzene rings is 1. The van der Waals surface area contributed by atoms with Crippen molar-refractivity contribution in [3.8, 4) is 0 Å². The van der Waals surface area contributed by atoms with Crippen LogP contribution >= 0.6 is 0 Å². The molecule has 29 heavy (non-hydrogen) atoms. The maximum atomic E-state index is 13.4. The number of aryl methyl sites for hydroxylation is 1. The van der Waals surface area contributed by atoms with E-state index in [1.54, 1.807) is 13.0 Å². The molecule has 0 saturated carbocycles. The molecule has 0 unspecified atom stereocenters. The van der Waals surface area contributed by atoms with Gasteiger partial charge in [-0.2, -0.15) is 13.2 Å². The van der Waals surface area contributed by atoms with E-state index >= 15 is 0 Å². The first-order valence-corrected chi connectivity index (χ1v) is 8.86. The average molecular weight is 406 g/mol. The lowest BCUT2D eigenvalue weighted by Crippen LogP contribution is -2.26. The standard InChI is InChI=1S/C20H18F4N4O/c1-12-9-16(15-5-4-14(21)10-17(15)28-12)19(29)26-8-2-7-25-18-6-3-13(11-27-18)20(22,23)24/h3-6,9-11H,2,7-8H2,1H3,(H,25,27)(H,26,29). The molecule has 0 fully saturated rings. The van der Waals surface area contributed by atoms with E-state index in [2.05, 4.69) is 20.6 Å². The summed E-state index contributed by atoms with van der Waals surface area (Å²) in [5.74, 6) is -0.410. The van der Waals surface area contributed by atoms with Gasteiger partial charge >= 0.3 is 6.18 Å². The number of alkyl halides is 3. The highest BCUT2D eigenvalue weighted by molar-refractivity contribution is 6.06. The van der Waals surface area contributed by atoms with Crippen molar-refractivity contribution in [3.05, 3.63) is 65.2 Å². The molecule has 152 valence electrons. The second-order valence-corrected chi connectivity index (χ2v) is 6.44. The van der Waals surface area contributed by atoms with Crippen LogP contribution in [-0.2, 0) is 6.18 Å². The van der Waals surface area contributed by atoms with Crippen molar-refractivity contribution in [3.63, 3.8) is 0 Å². The van der Waals surface area contributed by atoms with Crippen molar-refractivity contribution in [1.82, 2.24) is 15.3 Å². The molecular weight excluding hydrogens is 388 g/mol. The maximum Gasteiger partial charge on any atom is 0.417 e. The van der Waals surface area contributed by atoms with Crippen LogP contribution in [0.15, 0.2) is 42.6 Å². The van der Waals surface area contributed by atoms with Gasteiger partial charge in [0.2, 0.25) is 0 Å². The number of rotatable bonds is 6. The lowest BCUT2D eigenvalue weighted by Gasteiger charge is -2.10. The summed E-state index contributed by atoms with van der Waals surface area (Å²) < 4.78 is 50.9. The molecule has 2 aromatic heterocycles. The minimum absolute atomic E-state index is 0.306. The van der Waals surface area contributed by atoms with Crippen molar-refractivity contribution in [2.24, 2.45) is 0 Å². The molecule has 1 amide bonds.